The van der Waals surface area contributed by atoms with Gasteiger partial charge in [-0.15, -0.1) is 12.6 Å². The van der Waals surface area contributed by atoms with Crippen molar-refractivity contribution in [2.45, 2.75) is 4.90 Å². The molecule has 0 unspecified atom stereocenters. The molecule has 1 rings (SSSR count). The molecule has 0 spiro atoms. The molecule has 0 heterocycles. The van der Waals surface area contributed by atoms with Crippen LogP contribution in [-0.2, 0) is 0 Å². The van der Waals surface area contributed by atoms with Crippen molar-refractivity contribution < 1.29 is 13.2 Å². The molecule has 0 radical (unpaired) electrons. The Hall–Kier alpha value is -0.350. The van der Waals surface area contributed by atoms with Crippen LogP contribution in [0.1, 0.15) is 0 Å². The van der Waals surface area contributed by atoms with Crippen LogP contribution in [-0.4, -0.2) is 0 Å². The van der Waals surface area contributed by atoms with Crippen molar-refractivity contribution in [2.75, 3.05) is 0 Å². The molecule has 0 nitrogen and oxygen atoms in total. The molecule has 0 aliphatic rings. The Labute approximate surface area is 71.4 Å². The number of rotatable bonds is 0. The predicted molar refractivity (Wildman–Crippen MR) is 38.6 cm³/mol. The quantitative estimate of drug-likeness (QED) is 0.370. The van der Waals surface area contributed by atoms with Gasteiger partial charge in [0.1, 0.15) is 16.7 Å². The molecular weight excluding hydrogens is 197 g/mol. The molecule has 1 aromatic rings. The minimum absolute atomic E-state index is 0.480. The maximum absolute atomic E-state index is 12.6. The number of benzene rings is 1. The van der Waals surface area contributed by atoms with Crippen molar-refractivity contribution in [2.24, 2.45) is 0 Å². The third-order valence-corrected chi connectivity index (χ3v) is 1.85. The van der Waals surface area contributed by atoms with Crippen molar-refractivity contribution in [3.05, 3.63) is 28.5 Å². The fraction of sp³-hybridized carbons (Fsp3) is 0. The van der Waals surface area contributed by atoms with Crippen molar-refractivity contribution in [1.82, 2.24) is 0 Å². The Morgan fingerprint density at radius 2 is 1.73 bits per heavy atom. The number of hydrogen-bond acceptors (Lipinski definition) is 1. The van der Waals surface area contributed by atoms with Gasteiger partial charge in [0, 0.05) is 6.07 Å². The van der Waals surface area contributed by atoms with Gasteiger partial charge in [-0.25, -0.2) is 13.2 Å². The van der Waals surface area contributed by atoms with Crippen LogP contribution in [0.15, 0.2) is 11.0 Å². The highest BCUT2D eigenvalue weighted by Gasteiger charge is 2.14. The molecule has 11 heavy (non-hydrogen) atoms. The van der Waals surface area contributed by atoms with E-state index in [0.29, 0.717) is 6.07 Å². The molecule has 0 fully saturated rings. The molecule has 0 bridgehead atoms. The Morgan fingerprint density at radius 1 is 1.18 bits per heavy atom. The maximum atomic E-state index is 12.6. The van der Waals surface area contributed by atoms with Gasteiger partial charge in [-0.1, -0.05) is 11.6 Å². The smallest absolute Gasteiger partial charge is 0.161 e. The van der Waals surface area contributed by atoms with Crippen molar-refractivity contribution in [1.29, 1.82) is 0 Å². The van der Waals surface area contributed by atoms with Crippen LogP contribution < -0.4 is 0 Å². The topological polar surface area (TPSA) is 0 Å². The van der Waals surface area contributed by atoms with E-state index >= 15 is 0 Å². The van der Waals surface area contributed by atoms with E-state index in [1.165, 1.54) is 0 Å². The van der Waals surface area contributed by atoms with Crippen LogP contribution in [0.2, 0.25) is 5.02 Å². The summed E-state index contributed by atoms with van der Waals surface area (Å²) >= 11 is 8.52. The van der Waals surface area contributed by atoms with Gasteiger partial charge in [0.25, 0.3) is 0 Å². The number of halogens is 4. The average Bonchev–Trinajstić information content (AvgIpc) is 1.97. The van der Waals surface area contributed by atoms with E-state index in [2.05, 4.69) is 12.6 Å². The van der Waals surface area contributed by atoms with E-state index in [1.807, 2.05) is 0 Å². The summed E-state index contributed by atoms with van der Waals surface area (Å²) < 4.78 is 37.3. The first kappa shape index (κ1) is 8.74. The lowest BCUT2D eigenvalue weighted by molar-refractivity contribution is 0.512. The summed E-state index contributed by atoms with van der Waals surface area (Å²) in [6.45, 7) is 0. The average molecular weight is 199 g/mol. The minimum atomic E-state index is -1.17. The lowest BCUT2D eigenvalue weighted by Gasteiger charge is -1.99. The molecule has 60 valence electrons. The van der Waals surface area contributed by atoms with E-state index in [9.17, 15) is 13.2 Å². The molecule has 5 heteroatoms. The van der Waals surface area contributed by atoms with Gasteiger partial charge < -0.3 is 0 Å². The van der Waals surface area contributed by atoms with Gasteiger partial charge in [0.05, 0.1) is 4.90 Å². The Bertz CT molecular complexity index is 274. The van der Waals surface area contributed by atoms with Gasteiger partial charge in [-0.2, -0.15) is 0 Å². The predicted octanol–water partition coefficient (Wildman–Crippen LogP) is 3.05. The maximum Gasteiger partial charge on any atom is 0.161 e. The summed E-state index contributed by atoms with van der Waals surface area (Å²) in [7, 11) is 0. The first-order valence-electron chi connectivity index (χ1n) is 2.56. The summed E-state index contributed by atoms with van der Waals surface area (Å²) in [5, 5.41) is -0.739. The molecule has 0 N–H and O–H groups in total. The third kappa shape index (κ3) is 1.46. The Kier molecular flexibility index (Phi) is 2.34. The van der Waals surface area contributed by atoms with Crippen molar-refractivity contribution in [3.63, 3.8) is 0 Å². The first-order valence-corrected chi connectivity index (χ1v) is 3.38. The van der Waals surface area contributed by atoms with Crippen molar-refractivity contribution in [3.8, 4) is 0 Å². The Balaban J connectivity index is 3.46. The normalized spacial score (nSPS) is 10.3. The molecule has 0 amide bonds. The van der Waals surface area contributed by atoms with Gasteiger partial charge >= 0.3 is 0 Å². The molecular formula is C6H2ClF3S. The molecule has 0 saturated carbocycles. The molecule has 0 aromatic heterocycles. The lowest BCUT2D eigenvalue weighted by atomic mass is 10.3. The summed E-state index contributed by atoms with van der Waals surface area (Å²) in [5.41, 5.74) is 0. The van der Waals surface area contributed by atoms with Gasteiger partial charge in [-0.05, 0) is 0 Å². The van der Waals surface area contributed by atoms with Crippen LogP contribution in [0.25, 0.3) is 0 Å². The van der Waals surface area contributed by atoms with E-state index in [-0.39, 0.29) is 0 Å². The fourth-order valence-corrected chi connectivity index (χ4v) is 0.948. The molecule has 0 saturated heterocycles. The van der Waals surface area contributed by atoms with E-state index in [1.54, 1.807) is 0 Å². The monoisotopic (exact) mass is 198 g/mol. The van der Waals surface area contributed by atoms with E-state index in [0.717, 1.165) is 0 Å². The third-order valence-electron chi connectivity index (χ3n) is 1.09. The van der Waals surface area contributed by atoms with Crippen LogP contribution in [0.4, 0.5) is 13.2 Å². The second kappa shape index (κ2) is 2.95. The van der Waals surface area contributed by atoms with Crippen LogP contribution in [0, 0.1) is 17.5 Å². The van der Waals surface area contributed by atoms with Crippen LogP contribution in [0.3, 0.4) is 0 Å². The number of hydrogen-bond donors (Lipinski definition) is 1. The second-order valence-corrected chi connectivity index (χ2v) is 2.64. The van der Waals surface area contributed by atoms with Crippen LogP contribution in [0.5, 0.6) is 0 Å². The highest BCUT2D eigenvalue weighted by Crippen LogP contribution is 2.26. The summed E-state index contributed by atoms with van der Waals surface area (Å²) in [6, 6.07) is 0.480. The second-order valence-electron chi connectivity index (χ2n) is 1.82. The zero-order chi connectivity index (χ0) is 8.59. The molecule has 0 atom stereocenters. The highest BCUT2D eigenvalue weighted by molar-refractivity contribution is 7.80. The van der Waals surface area contributed by atoms with E-state index in [4.69, 9.17) is 11.6 Å². The van der Waals surface area contributed by atoms with Gasteiger partial charge in [0.15, 0.2) is 5.82 Å². The summed E-state index contributed by atoms with van der Waals surface area (Å²) in [6.07, 6.45) is 0. The highest BCUT2D eigenvalue weighted by atomic mass is 35.5. The van der Waals surface area contributed by atoms with E-state index < -0.39 is 27.4 Å². The fourth-order valence-electron chi connectivity index (χ4n) is 0.557. The largest absolute Gasteiger partial charge is 0.206 e. The SMILES string of the molecule is Fc1cc(F)c(Cl)c(F)c1S. The lowest BCUT2D eigenvalue weighted by Crippen LogP contribution is -1.90. The Morgan fingerprint density at radius 3 is 2.27 bits per heavy atom. The zero-order valence-electron chi connectivity index (χ0n) is 5.04. The molecule has 1 aromatic carbocycles. The summed E-state index contributed by atoms with van der Waals surface area (Å²) in [5.74, 6) is -3.36. The molecule has 0 aliphatic carbocycles. The number of thiol groups is 1. The minimum Gasteiger partial charge on any atom is -0.206 e. The van der Waals surface area contributed by atoms with Gasteiger partial charge in [0.2, 0.25) is 0 Å². The standard InChI is InChI=1S/C6H2ClF3S/c7-4-2(8)1-3(9)6(11)5(4)10/h1,11H. The first-order chi connectivity index (χ1) is 5.04. The van der Waals surface area contributed by atoms with Crippen LogP contribution >= 0.6 is 24.2 Å². The summed E-state index contributed by atoms with van der Waals surface area (Å²) in [4.78, 5) is -0.573. The van der Waals surface area contributed by atoms with Gasteiger partial charge in [-0.3, -0.25) is 0 Å². The van der Waals surface area contributed by atoms with Crippen molar-refractivity contribution >= 4 is 24.2 Å². The zero-order valence-corrected chi connectivity index (χ0v) is 6.69. The molecule has 0 aliphatic heterocycles.